The molecule has 178 valence electrons. The molecule has 0 aromatic carbocycles. The number of piperidine rings is 1. The van der Waals surface area contributed by atoms with Gasteiger partial charge in [-0.3, -0.25) is 14.8 Å². The lowest BCUT2D eigenvalue weighted by atomic mass is 9.85. The van der Waals surface area contributed by atoms with E-state index >= 15 is 8.78 Å². The Hall–Kier alpha value is -1.80. The number of halogens is 2. The van der Waals surface area contributed by atoms with E-state index in [2.05, 4.69) is 33.9 Å². The SMILES string of the molecule is CC(C)N1CCN(C2CCCC(F)(F)C2NC(=O)N2CCC(c3ccccn3)CC2)CC1. The third-order valence-corrected chi connectivity index (χ3v) is 7.57. The van der Waals surface area contributed by atoms with Crippen molar-refractivity contribution >= 4 is 6.03 Å². The van der Waals surface area contributed by atoms with Crippen LogP contribution in [0.4, 0.5) is 13.6 Å². The first-order chi connectivity index (χ1) is 15.3. The lowest BCUT2D eigenvalue weighted by Gasteiger charge is -2.47. The lowest BCUT2D eigenvalue weighted by molar-refractivity contribution is -0.0973. The zero-order valence-corrected chi connectivity index (χ0v) is 19.4. The van der Waals surface area contributed by atoms with Gasteiger partial charge in [-0.05, 0) is 51.7 Å². The fourth-order valence-corrected chi connectivity index (χ4v) is 5.55. The molecule has 0 radical (unpaired) electrons. The van der Waals surface area contributed by atoms with Crippen molar-refractivity contribution in [2.45, 2.75) is 75.9 Å². The summed E-state index contributed by atoms with van der Waals surface area (Å²) in [4.78, 5) is 23.7. The minimum absolute atomic E-state index is 0.151. The van der Waals surface area contributed by atoms with Crippen LogP contribution in [0.15, 0.2) is 24.4 Å². The number of carbonyl (C=O) groups is 1. The zero-order chi connectivity index (χ0) is 22.7. The minimum Gasteiger partial charge on any atom is -0.328 e. The first-order valence-corrected chi connectivity index (χ1v) is 12.2. The predicted molar refractivity (Wildman–Crippen MR) is 121 cm³/mol. The second-order valence-electron chi connectivity index (χ2n) is 9.83. The Labute approximate surface area is 190 Å². The summed E-state index contributed by atoms with van der Waals surface area (Å²) in [5.41, 5.74) is 1.05. The number of carbonyl (C=O) groups excluding carboxylic acids is 1. The Bertz CT molecular complexity index is 746. The summed E-state index contributed by atoms with van der Waals surface area (Å²) >= 11 is 0. The van der Waals surface area contributed by atoms with Crippen molar-refractivity contribution < 1.29 is 13.6 Å². The maximum absolute atomic E-state index is 15.0. The highest BCUT2D eigenvalue weighted by atomic mass is 19.3. The van der Waals surface area contributed by atoms with Crippen LogP contribution in [0.2, 0.25) is 0 Å². The van der Waals surface area contributed by atoms with Gasteiger partial charge in [0.15, 0.2) is 0 Å². The number of hydrogen-bond acceptors (Lipinski definition) is 4. The molecule has 32 heavy (non-hydrogen) atoms. The van der Waals surface area contributed by atoms with Crippen LogP contribution in [0.5, 0.6) is 0 Å². The molecule has 2 aliphatic heterocycles. The third kappa shape index (κ3) is 5.22. The highest BCUT2D eigenvalue weighted by Crippen LogP contribution is 2.37. The minimum atomic E-state index is -2.87. The van der Waals surface area contributed by atoms with Crippen molar-refractivity contribution in [3.8, 4) is 0 Å². The van der Waals surface area contributed by atoms with Crippen LogP contribution >= 0.6 is 0 Å². The Morgan fingerprint density at radius 1 is 1.09 bits per heavy atom. The van der Waals surface area contributed by atoms with Crippen LogP contribution in [-0.2, 0) is 0 Å². The third-order valence-electron chi connectivity index (χ3n) is 7.57. The van der Waals surface area contributed by atoms with Crippen molar-refractivity contribution in [1.29, 1.82) is 0 Å². The van der Waals surface area contributed by atoms with Crippen LogP contribution in [0.3, 0.4) is 0 Å². The summed E-state index contributed by atoms with van der Waals surface area (Å²) in [6, 6.07) is 4.60. The van der Waals surface area contributed by atoms with Gasteiger partial charge < -0.3 is 10.2 Å². The van der Waals surface area contributed by atoms with Gasteiger partial charge >= 0.3 is 6.03 Å². The summed E-state index contributed by atoms with van der Waals surface area (Å²) in [5.74, 6) is -2.55. The van der Waals surface area contributed by atoms with E-state index in [1.807, 2.05) is 18.2 Å². The smallest absolute Gasteiger partial charge is 0.317 e. The fraction of sp³-hybridized carbons (Fsp3) is 0.750. The van der Waals surface area contributed by atoms with E-state index in [9.17, 15) is 4.79 Å². The highest BCUT2D eigenvalue weighted by Gasteiger charge is 2.50. The van der Waals surface area contributed by atoms with Crippen LogP contribution in [-0.4, -0.2) is 89.0 Å². The standard InChI is InChI=1S/C24H37F2N5O/c1-18(2)29-14-16-30(17-15-29)21-7-5-10-24(25,26)22(21)28-23(32)31-12-8-19(9-13-31)20-6-3-4-11-27-20/h3-4,6,11,18-19,21-22H,5,7-10,12-17H2,1-2H3,(H,28,32). The number of alkyl halides is 2. The van der Waals surface area contributed by atoms with E-state index in [4.69, 9.17) is 0 Å². The molecule has 0 bridgehead atoms. The number of nitrogens with zero attached hydrogens (tertiary/aromatic N) is 4. The summed E-state index contributed by atoms with van der Waals surface area (Å²) < 4.78 is 30.0. The lowest BCUT2D eigenvalue weighted by Crippen LogP contribution is -2.66. The van der Waals surface area contributed by atoms with E-state index < -0.39 is 12.0 Å². The first kappa shape index (κ1) is 23.4. The molecule has 8 heteroatoms. The second-order valence-corrected chi connectivity index (χ2v) is 9.83. The molecule has 1 aromatic heterocycles. The molecule has 1 saturated carbocycles. The van der Waals surface area contributed by atoms with Gasteiger partial charge in [0.25, 0.3) is 5.92 Å². The van der Waals surface area contributed by atoms with Gasteiger partial charge in [-0.2, -0.15) is 0 Å². The number of amides is 2. The van der Waals surface area contributed by atoms with E-state index in [0.717, 1.165) is 44.7 Å². The number of hydrogen-bond donors (Lipinski definition) is 1. The second kappa shape index (κ2) is 10.00. The zero-order valence-electron chi connectivity index (χ0n) is 19.4. The van der Waals surface area contributed by atoms with Crippen LogP contribution < -0.4 is 5.32 Å². The van der Waals surface area contributed by atoms with Crippen LogP contribution in [0.25, 0.3) is 0 Å². The Kier molecular flexibility index (Phi) is 7.30. The largest absolute Gasteiger partial charge is 0.328 e. The summed E-state index contributed by atoms with van der Waals surface area (Å²) in [6.45, 7) is 8.82. The first-order valence-electron chi connectivity index (χ1n) is 12.2. The summed E-state index contributed by atoms with van der Waals surface area (Å²) in [6.07, 6.45) is 4.48. The normalized spacial score (nSPS) is 28.1. The van der Waals surface area contributed by atoms with Crippen molar-refractivity contribution in [1.82, 2.24) is 25.0 Å². The molecule has 2 unspecified atom stereocenters. The molecule has 6 nitrogen and oxygen atoms in total. The Morgan fingerprint density at radius 2 is 1.81 bits per heavy atom. The molecule has 2 amide bonds. The van der Waals surface area contributed by atoms with Crippen molar-refractivity contribution in [2.75, 3.05) is 39.3 Å². The highest BCUT2D eigenvalue weighted by molar-refractivity contribution is 5.75. The van der Waals surface area contributed by atoms with E-state index in [-0.39, 0.29) is 18.5 Å². The van der Waals surface area contributed by atoms with Gasteiger partial charge in [0.05, 0.1) is 0 Å². The number of piperazine rings is 1. The van der Waals surface area contributed by atoms with Gasteiger partial charge in [0, 0.05) is 75.6 Å². The molecule has 1 N–H and O–H groups in total. The summed E-state index contributed by atoms with van der Waals surface area (Å²) in [5, 5.41) is 2.78. The molecule has 2 atom stereocenters. The van der Waals surface area contributed by atoms with E-state index in [0.29, 0.717) is 37.9 Å². The molecule has 1 aromatic rings. The van der Waals surface area contributed by atoms with Crippen LogP contribution in [0, 0.1) is 0 Å². The number of rotatable bonds is 4. The monoisotopic (exact) mass is 449 g/mol. The van der Waals surface area contributed by atoms with Gasteiger partial charge in [0.2, 0.25) is 0 Å². The van der Waals surface area contributed by atoms with Crippen molar-refractivity contribution in [3.63, 3.8) is 0 Å². The van der Waals surface area contributed by atoms with Crippen molar-refractivity contribution in [3.05, 3.63) is 30.1 Å². The number of urea groups is 1. The van der Waals surface area contributed by atoms with Gasteiger partial charge in [-0.1, -0.05) is 6.07 Å². The molecule has 1 aliphatic carbocycles. The molecule has 3 aliphatic rings. The molecular formula is C24H37F2N5O. The fourth-order valence-electron chi connectivity index (χ4n) is 5.55. The molecule has 3 heterocycles. The maximum Gasteiger partial charge on any atom is 0.317 e. The summed E-state index contributed by atoms with van der Waals surface area (Å²) in [7, 11) is 0. The van der Waals surface area contributed by atoms with Crippen molar-refractivity contribution in [2.24, 2.45) is 0 Å². The topological polar surface area (TPSA) is 51.7 Å². The predicted octanol–water partition coefficient (Wildman–Crippen LogP) is 3.55. The Balaban J connectivity index is 1.36. The van der Waals surface area contributed by atoms with Crippen LogP contribution in [0.1, 0.15) is 57.6 Å². The molecule has 2 saturated heterocycles. The molecular weight excluding hydrogens is 412 g/mol. The molecule has 3 fully saturated rings. The average Bonchev–Trinajstić information content (AvgIpc) is 2.81. The Morgan fingerprint density at radius 3 is 2.44 bits per heavy atom. The van der Waals surface area contributed by atoms with E-state index in [1.54, 1.807) is 11.1 Å². The van der Waals surface area contributed by atoms with E-state index in [1.165, 1.54) is 0 Å². The number of likely N-dealkylation sites (tertiary alicyclic amines) is 1. The number of aromatic nitrogens is 1. The number of nitrogens with one attached hydrogen (secondary N) is 1. The maximum atomic E-state index is 15.0. The molecule has 0 spiro atoms. The quantitative estimate of drug-likeness (QED) is 0.764. The van der Waals surface area contributed by atoms with Gasteiger partial charge in [-0.25, -0.2) is 13.6 Å². The number of pyridine rings is 1. The van der Waals surface area contributed by atoms with Gasteiger partial charge in [0.1, 0.15) is 6.04 Å². The van der Waals surface area contributed by atoms with Gasteiger partial charge in [-0.15, -0.1) is 0 Å². The average molecular weight is 450 g/mol. The molecule has 4 rings (SSSR count).